The first-order valence-corrected chi connectivity index (χ1v) is 9.55. The van der Waals surface area contributed by atoms with Gasteiger partial charge < -0.3 is 19.9 Å². The molecular formula is C20H31N3O2. The highest BCUT2D eigenvalue weighted by Crippen LogP contribution is 2.23. The van der Waals surface area contributed by atoms with Crippen LogP contribution in [-0.2, 0) is 11.3 Å². The molecule has 2 amide bonds. The molecule has 0 atom stereocenters. The molecule has 1 saturated heterocycles. The number of rotatable bonds is 4. The number of hydrogen-bond acceptors (Lipinski definition) is 3. The van der Waals surface area contributed by atoms with Gasteiger partial charge in [0, 0.05) is 38.4 Å². The molecule has 0 bridgehead atoms. The monoisotopic (exact) mass is 345 g/mol. The Balaban J connectivity index is 1.48. The van der Waals surface area contributed by atoms with Gasteiger partial charge in [0.15, 0.2) is 0 Å². The van der Waals surface area contributed by atoms with Crippen LogP contribution < -0.4 is 10.2 Å². The molecule has 1 aromatic carbocycles. The van der Waals surface area contributed by atoms with Gasteiger partial charge in [-0.3, -0.25) is 0 Å². The van der Waals surface area contributed by atoms with Crippen LogP contribution in [0.4, 0.5) is 10.5 Å². The predicted octanol–water partition coefficient (Wildman–Crippen LogP) is 3.24. The molecule has 1 saturated carbocycles. The number of hydrogen-bond donors (Lipinski definition) is 1. The van der Waals surface area contributed by atoms with Crippen LogP contribution in [-0.4, -0.2) is 50.3 Å². The van der Waals surface area contributed by atoms with Gasteiger partial charge in [-0.25, -0.2) is 4.79 Å². The first kappa shape index (κ1) is 18.1. The number of nitrogens with one attached hydrogen (secondary N) is 1. The molecule has 1 N–H and O–H groups in total. The summed E-state index contributed by atoms with van der Waals surface area (Å²) in [7, 11) is 1.87. The summed E-state index contributed by atoms with van der Waals surface area (Å²) >= 11 is 0. The third-order valence-corrected chi connectivity index (χ3v) is 5.42. The number of ether oxygens (including phenoxy) is 1. The molecule has 3 rings (SSSR count). The van der Waals surface area contributed by atoms with E-state index in [-0.39, 0.29) is 6.03 Å². The zero-order chi connectivity index (χ0) is 17.6. The van der Waals surface area contributed by atoms with Crippen LogP contribution in [0.3, 0.4) is 0 Å². The largest absolute Gasteiger partial charge is 0.378 e. The van der Waals surface area contributed by atoms with Crippen LogP contribution in [0.5, 0.6) is 0 Å². The van der Waals surface area contributed by atoms with E-state index in [1.54, 1.807) is 4.90 Å². The minimum Gasteiger partial charge on any atom is -0.378 e. The van der Waals surface area contributed by atoms with Crippen molar-refractivity contribution >= 4 is 11.7 Å². The number of carbonyl (C=O) groups excluding carboxylic acids is 1. The molecule has 1 aliphatic carbocycles. The van der Waals surface area contributed by atoms with Crippen molar-refractivity contribution < 1.29 is 9.53 Å². The number of urea groups is 1. The summed E-state index contributed by atoms with van der Waals surface area (Å²) in [5.41, 5.74) is 2.39. The third kappa shape index (κ3) is 5.11. The summed E-state index contributed by atoms with van der Waals surface area (Å²) in [6, 6.07) is 8.92. The normalized spacial score (nSPS) is 24.0. The fourth-order valence-corrected chi connectivity index (χ4v) is 3.67. The minimum atomic E-state index is 0.0387. The number of anilines is 1. The summed E-state index contributed by atoms with van der Waals surface area (Å²) in [5, 5.41) is 3.19. The second-order valence-corrected chi connectivity index (χ2v) is 7.53. The molecule has 25 heavy (non-hydrogen) atoms. The van der Waals surface area contributed by atoms with Gasteiger partial charge in [0.1, 0.15) is 0 Å². The van der Waals surface area contributed by atoms with Gasteiger partial charge in [-0.15, -0.1) is 0 Å². The molecule has 0 aromatic heterocycles. The Morgan fingerprint density at radius 2 is 1.80 bits per heavy atom. The minimum absolute atomic E-state index is 0.0387. The molecular weight excluding hydrogens is 314 g/mol. The van der Waals surface area contributed by atoms with Crippen molar-refractivity contribution in [1.82, 2.24) is 10.2 Å². The van der Waals surface area contributed by atoms with Crippen LogP contribution in [0.1, 0.15) is 38.2 Å². The van der Waals surface area contributed by atoms with E-state index in [1.807, 2.05) is 7.05 Å². The Morgan fingerprint density at radius 3 is 2.44 bits per heavy atom. The van der Waals surface area contributed by atoms with Gasteiger partial charge in [-0.1, -0.05) is 19.1 Å². The van der Waals surface area contributed by atoms with E-state index >= 15 is 0 Å². The zero-order valence-electron chi connectivity index (χ0n) is 15.5. The smallest absolute Gasteiger partial charge is 0.317 e. The van der Waals surface area contributed by atoms with E-state index in [0.29, 0.717) is 12.6 Å². The standard InChI is InChI=1S/C20H31N3O2/c1-16-3-7-18(8-4-16)21-20(24)22(2)15-17-5-9-19(10-6-17)23-11-13-25-14-12-23/h5-6,9-10,16,18H,3-4,7-8,11-15H2,1-2H3,(H,21,24). The summed E-state index contributed by atoms with van der Waals surface area (Å²) in [6.45, 7) is 6.42. The fraction of sp³-hybridized carbons (Fsp3) is 0.650. The summed E-state index contributed by atoms with van der Waals surface area (Å²) in [5.74, 6) is 0.802. The number of nitrogens with zero attached hydrogens (tertiary/aromatic N) is 2. The van der Waals surface area contributed by atoms with E-state index in [2.05, 4.69) is 41.4 Å². The fourth-order valence-electron chi connectivity index (χ4n) is 3.67. The Hall–Kier alpha value is -1.75. The number of benzene rings is 1. The van der Waals surface area contributed by atoms with Gasteiger partial charge in [-0.05, 0) is 49.3 Å². The average Bonchev–Trinajstić information content (AvgIpc) is 2.65. The lowest BCUT2D eigenvalue weighted by Gasteiger charge is -2.29. The maximum atomic E-state index is 12.4. The maximum Gasteiger partial charge on any atom is 0.317 e. The summed E-state index contributed by atoms with van der Waals surface area (Å²) < 4.78 is 5.40. The topological polar surface area (TPSA) is 44.8 Å². The molecule has 138 valence electrons. The first-order valence-electron chi connectivity index (χ1n) is 9.55. The molecule has 0 spiro atoms. The second-order valence-electron chi connectivity index (χ2n) is 7.53. The summed E-state index contributed by atoms with van der Waals surface area (Å²) in [6.07, 6.45) is 4.65. The lowest BCUT2D eigenvalue weighted by molar-refractivity contribution is 0.122. The third-order valence-electron chi connectivity index (χ3n) is 5.42. The summed E-state index contributed by atoms with van der Waals surface area (Å²) in [4.78, 5) is 16.5. The average molecular weight is 345 g/mol. The van der Waals surface area contributed by atoms with E-state index < -0.39 is 0 Å². The quantitative estimate of drug-likeness (QED) is 0.911. The Bertz CT molecular complexity index is 547. The van der Waals surface area contributed by atoms with Crippen molar-refractivity contribution in [3.63, 3.8) is 0 Å². The van der Waals surface area contributed by atoms with Crippen LogP contribution in [0.15, 0.2) is 24.3 Å². The van der Waals surface area contributed by atoms with Gasteiger partial charge in [0.25, 0.3) is 0 Å². The maximum absolute atomic E-state index is 12.4. The zero-order valence-corrected chi connectivity index (χ0v) is 15.5. The van der Waals surface area contributed by atoms with Crippen LogP contribution in [0, 0.1) is 5.92 Å². The van der Waals surface area contributed by atoms with Crippen molar-refractivity contribution in [2.75, 3.05) is 38.3 Å². The SMILES string of the molecule is CC1CCC(NC(=O)N(C)Cc2ccc(N3CCOCC3)cc2)CC1. The highest BCUT2D eigenvalue weighted by Gasteiger charge is 2.21. The molecule has 2 fully saturated rings. The van der Waals surface area contributed by atoms with E-state index in [0.717, 1.165) is 50.6 Å². The van der Waals surface area contributed by atoms with E-state index in [1.165, 1.54) is 18.5 Å². The lowest BCUT2D eigenvalue weighted by atomic mass is 9.87. The van der Waals surface area contributed by atoms with Crippen LogP contribution >= 0.6 is 0 Å². The van der Waals surface area contributed by atoms with Crippen molar-refractivity contribution in [2.24, 2.45) is 5.92 Å². The second kappa shape index (κ2) is 8.56. The molecule has 0 radical (unpaired) electrons. The van der Waals surface area contributed by atoms with Crippen molar-refractivity contribution in [3.05, 3.63) is 29.8 Å². The predicted molar refractivity (Wildman–Crippen MR) is 101 cm³/mol. The van der Waals surface area contributed by atoms with Crippen molar-refractivity contribution in [1.29, 1.82) is 0 Å². The molecule has 0 unspecified atom stereocenters. The molecule has 1 aliphatic heterocycles. The van der Waals surface area contributed by atoms with Gasteiger partial charge in [0.2, 0.25) is 0 Å². The van der Waals surface area contributed by atoms with Crippen LogP contribution in [0.2, 0.25) is 0 Å². The van der Waals surface area contributed by atoms with Crippen molar-refractivity contribution in [2.45, 2.75) is 45.2 Å². The molecule has 1 heterocycles. The Kier molecular flexibility index (Phi) is 6.19. The highest BCUT2D eigenvalue weighted by molar-refractivity contribution is 5.74. The van der Waals surface area contributed by atoms with Gasteiger partial charge >= 0.3 is 6.03 Å². The number of morpholine rings is 1. The first-order chi connectivity index (χ1) is 12.1. The van der Waals surface area contributed by atoms with Gasteiger partial charge in [-0.2, -0.15) is 0 Å². The number of carbonyl (C=O) groups is 1. The highest BCUT2D eigenvalue weighted by atomic mass is 16.5. The van der Waals surface area contributed by atoms with E-state index in [9.17, 15) is 4.79 Å². The van der Waals surface area contributed by atoms with Gasteiger partial charge in [0.05, 0.1) is 13.2 Å². The number of amides is 2. The Morgan fingerprint density at radius 1 is 1.16 bits per heavy atom. The molecule has 2 aliphatic rings. The van der Waals surface area contributed by atoms with E-state index in [4.69, 9.17) is 4.74 Å². The Labute approximate surface area is 151 Å². The molecule has 5 heteroatoms. The van der Waals surface area contributed by atoms with Crippen LogP contribution in [0.25, 0.3) is 0 Å². The molecule has 1 aromatic rings. The van der Waals surface area contributed by atoms with Crippen molar-refractivity contribution in [3.8, 4) is 0 Å². The molecule has 5 nitrogen and oxygen atoms in total. The lowest BCUT2D eigenvalue weighted by Crippen LogP contribution is -2.44.